The summed E-state index contributed by atoms with van der Waals surface area (Å²) in [5, 5.41) is 10.8. The lowest BCUT2D eigenvalue weighted by atomic mass is 10.3. The van der Waals surface area contributed by atoms with Crippen LogP contribution in [-0.4, -0.2) is 16.6 Å². The minimum Gasteiger partial charge on any atom is -0.385 e. The van der Waals surface area contributed by atoms with Gasteiger partial charge in [0.2, 0.25) is 0 Å². The van der Waals surface area contributed by atoms with Crippen molar-refractivity contribution < 1.29 is 5.11 Å². The van der Waals surface area contributed by atoms with Crippen LogP contribution in [-0.2, 0) is 0 Å². The number of thiazole rings is 1. The maximum absolute atomic E-state index is 9.04. The van der Waals surface area contributed by atoms with E-state index in [0.29, 0.717) is 5.69 Å². The van der Waals surface area contributed by atoms with E-state index in [-0.39, 0.29) is 6.54 Å². The molecule has 1 aromatic rings. The number of aliphatic hydroxyl groups is 1. The van der Waals surface area contributed by atoms with E-state index in [2.05, 4.69) is 4.98 Å². The molecule has 9 heavy (non-hydrogen) atoms. The molecule has 0 aliphatic heterocycles. The van der Waals surface area contributed by atoms with E-state index in [4.69, 9.17) is 10.8 Å². The molecule has 0 aromatic carbocycles. The Bertz CT molecular complexity index is 163. The molecule has 0 radical (unpaired) electrons. The fourth-order valence-electron chi connectivity index (χ4n) is 0.507. The highest BCUT2D eigenvalue weighted by Gasteiger charge is 2.04. The fourth-order valence-corrected chi connectivity index (χ4v) is 1.11. The van der Waals surface area contributed by atoms with Gasteiger partial charge in [0.05, 0.1) is 11.2 Å². The Hall–Kier alpha value is -0.450. The second-order valence-electron chi connectivity index (χ2n) is 1.66. The van der Waals surface area contributed by atoms with Crippen molar-refractivity contribution in [3.63, 3.8) is 0 Å². The number of aliphatic hydroxyl groups excluding tert-OH is 1. The molecule has 1 unspecified atom stereocenters. The van der Waals surface area contributed by atoms with Gasteiger partial charge in [0.25, 0.3) is 0 Å². The smallest absolute Gasteiger partial charge is 0.109 e. The summed E-state index contributed by atoms with van der Waals surface area (Å²) in [7, 11) is 0. The van der Waals surface area contributed by atoms with Crippen molar-refractivity contribution in [2.24, 2.45) is 5.73 Å². The van der Waals surface area contributed by atoms with Gasteiger partial charge < -0.3 is 10.8 Å². The molecule has 0 aliphatic rings. The number of nitrogens with zero attached hydrogens (tertiary/aromatic N) is 1. The van der Waals surface area contributed by atoms with Crippen LogP contribution in [0.4, 0.5) is 0 Å². The maximum Gasteiger partial charge on any atom is 0.109 e. The maximum atomic E-state index is 9.04. The highest BCUT2D eigenvalue weighted by Crippen LogP contribution is 2.09. The average molecular weight is 144 g/mol. The fraction of sp³-hybridized carbons (Fsp3) is 0.400. The number of rotatable bonds is 2. The molecule has 0 saturated heterocycles. The van der Waals surface area contributed by atoms with Crippen LogP contribution in [0.15, 0.2) is 10.9 Å². The summed E-state index contributed by atoms with van der Waals surface area (Å²) >= 11 is 1.46. The molecule has 50 valence electrons. The first kappa shape index (κ1) is 6.67. The van der Waals surface area contributed by atoms with E-state index < -0.39 is 6.10 Å². The molecular weight excluding hydrogens is 136 g/mol. The van der Waals surface area contributed by atoms with Gasteiger partial charge in [-0.25, -0.2) is 4.98 Å². The quantitative estimate of drug-likeness (QED) is 0.620. The minimum absolute atomic E-state index is 0.240. The van der Waals surface area contributed by atoms with Crippen molar-refractivity contribution in [3.05, 3.63) is 16.6 Å². The van der Waals surface area contributed by atoms with E-state index in [9.17, 15) is 0 Å². The summed E-state index contributed by atoms with van der Waals surface area (Å²) < 4.78 is 0. The topological polar surface area (TPSA) is 59.1 Å². The van der Waals surface area contributed by atoms with E-state index in [1.165, 1.54) is 11.3 Å². The molecule has 1 atom stereocenters. The van der Waals surface area contributed by atoms with Crippen LogP contribution < -0.4 is 5.73 Å². The van der Waals surface area contributed by atoms with Gasteiger partial charge in [-0.15, -0.1) is 11.3 Å². The first-order chi connectivity index (χ1) is 4.34. The van der Waals surface area contributed by atoms with Crippen LogP contribution in [0.1, 0.15) is 11.8 Å². The Morgan fingerprint density at radius 2 is 2.67 bits per heavy atom. The van der Waals surface area contributed by atoms with E-state index >= 15 is 0 Å². The molecule has 1 heterocycles. The predicted molar refractivity (Wildman–Crippen MR) is 36.1 cm³/mol. The molecule has 0 amide bonds. The molecule has 0 fully saturated rings. The molecule has 0 aliphatic carbocycles. The van der Waals surface area contributed by atoms with Crippen molar-refractivity contribution in [1.82, 2.24) is 4.98 Å². The third-order valence-electron chi connectivity index (χ3n) is 1.02. The Morgan fingerprint density at radius 1 is 1.89 bits per heavy atom. The summed E-state index contributed by atoms with van der Waals surface area (Å²) in [6.45, 7) is 0.240. The normalized spacial score (nSPS) is 13.6. The van der Waals surface area contributed by atoms with E-state index in [1.807, 2.05) is 0 Å². The molecule has 3 nitrogen and oxygen atoms in total. The van der Waals surface area contributed by atoms with Gasteiger partial charge in [-0.1, -0.05) is 0 Å². The highest BCUT2D eigenvalue weighted by atomic mass is 32.1. The molecule has 0 bridgehead atoms. The standard InChI is InChI=1S/C5H8N2OS/c6-1-5(8)4-2-9-3-7-4/h2-3,5,8H,1,6H2. The zero-order valence-corrected chi connectivity index (χ0v) is 5.64. The van der Waals surface area contributed by atoms with Crippen LogP contribution in [0.3, 0.4) is 0 Å². The lowest BCUT2D eigenvalue weighted by molar-refractivity contribution is 0.182. The third-order valence-corrected chi connectivity index (χ3v) is 1.62. The summed E-state index contributed by atoms with van der Waals surface area (Å²) in [6.07, 6.45) is -0.587. The van der Waals surface area contributed by atoms with Gasteiger partial charge in [0.1, 0.15) is 6.10 Å². The second kappa shape index (κ2) is 2.91. The summed E-state index contributed by atoms with van der Waals surface area (Å²) in [4.78, 5) is 3.88. The van der Waals surface area contributed by atoms with Crippen molar-refractivity contribution in [1.29, 1.82) is 0 Å². The predicted octanol–water partition coefficient (Wildman–Crippen LogP) is 0.135. The van der Waals surface area contributed by atoms with Gasteiger partial charge in [0, 0.05) is 11.9 Å². The number of aromatic nitrogens is 1. The first-order valence-corrected chi connectivity index (χ1v) is 3.55. The Kier molecular flexibility index (Phi) is 2.16. The van der Waals surface area contributed by atoms with Gasteiger partial charge in [0.15, 0.2) is 0 Å². The van der Waals surface area contributed by atoms with Crippen molar-refractivity contribution >= 4 is 11.3 Å². The molecule has 0 spiro atoms. The molecule has 3 N–H and O–H groups in total. The summed E-state index contributed by atoms with van der Waals surface area (Å²) in [6, 6.07) is 0. The minimum atomic E-state index is -0.587. The molecule has 4 heteroatoms. The van der Waals surface area contributed by atoms with Gasteiger partial charge >= 0.3 is 0 Å². The Balaban J connectivity index is 2.65. The van der Waals surface area contributed by atoms with Crippen LogP contribution in [0.25, 0.3) is 0 Å². The molecular formula is C5H8N2OS. The molecule has 1 aromatic heterocycles. The van der Waals surface area contributed by atoms with Crippen molar-refractivity contribution in [3.8, 4) is 0 Å². The van der Waals surface area contributed by atoms with Crippen LogP contribution in [0.5, 0.6) is 0 Å². The van der Waals surface area contributed by atoms with E-state index in [0.717, 1.165) is 0 Å². The van der Waals surface area contributed by atoms with E-state index in [1.54, 1.807) is 10.9 Å². The zero-order chi connectivity index (χ0) is 6.69. The largest absolute Gasteiger partial charge is 0.385 e. The first-order valence-electron chi connectivity index (χ1n) is 2.61. The molecule has 0 saturated carbocycles. The zero-order valence-electron chi connectivity index (χ0n) is 4.82. The third kappa shape index (κ3) is 1.48. The Morgan fingerprint density at radius 3 is 3.11 bits per heavy atom. The lowest BCUT2D eigenvalue weighted by Crippen LogP contribution is -2.11. The van der Waals surface area contributed by atoms with Crippen LogP contribution in [0, 0.1) is 0 Å². The number of hydrogen-bond acceptors (Lipinski definition) is 4. The SMILES string of the molecule is NCC(O)c1cscn1. The number of nitrogens with two attached hydrogens (primary N) is 1. The lowest BCUT2D eigenvalue weighted by Gasteiger charge is -2.00. The van der Waals surface area contributed by atoms with Gasteiger partial charge in [-0.05, 0) is 0 Å². The number of hydrogen-bond donors (Lipinski definition) is 2. The van der Waals surface area contributed by atoms with Crippen molar-refractivity contribution in [2.45, 2.75) is 6.10 Å². The summed E-state index contributed by atoms with van der Waals surface area (Å²) in [5.41, 5.74) is 7.52. The van der Waals surface area contributed by atoms with Gasteiger partial charge in [-0.3, -0.25) is 0 Å². The average Bonchev–Trinajstić information content (AvgIpc) is 2.37. The second-order valence-corrected chi connectivity index (χ2v) is 2.38. The highest BCUT2D eigenvalue weighted by molar-refractivity contribution is 7.07. The summed E-state index contributed by atoms with van der Waals surface area (Å²) in [5.74, 6) is 0. The molecule has 1 rings (SSSR count). The monoisotopic (exact) mass is 144 g/mol. The van der Waals surface area contributed by atoms with Crippen LogP contribution in [0.2, 0.25) is 0 Å². The van der Waals surface area contributed by atoms with Crippen LogP contribution >= 0.6 is 11.3 Å². The Labute approximate surface area is 57.2 Å². The van der Waals surface area contributed by atoms with Gasteiger partial charge in [-0.2, -0.15) is 0 Å². The van der Waals surface area contributed by atoms with Crippen molar-refractivity contribution in [2.75, 3.05) is 6.54 Å².